The number of hydrogen-bond donors (Lipinski definition) is 1. The van der Waals surface area contributed by atoms with Gasteiger partial charge in [0.1, 0.15) is 17.5 Å². The lowest BCUT2D eigenvalue weighted by atomic mass is 10.1. The molecule has 0 spiro atoms. The van der Waals surface area contributed by atoms with E-state index in [1.165, 1.54) is 4.68 Å². The summed E-state index contributed by atoms with van der Waals surface area (Å²) in [6.45, 7) is 2.03. The second kappa shape index (κ2) is 8.23. The highest BCUT2D eigenvalue weighted by Crippen LogP contribution is 2.34. The fourth-order valence-electron chi connectivity index (χ4n) is 3.01. The number of fused-ring (bicyclic) bond motifs is 1. The average molecular weight is 450 g/mol. The maximum Gasteiger partial charge on any atom is 0.172 e. The molecule has 7 nitrogen and oxygen atoms in total. The van der Waals surface area contributed by atoms with Crippen molar-refractivity contribution in [3.8, 4) is 11.4 Å². The van der Waals surface area contributed by atoms with E-state index in [0.29, 0.717) is 22.2 Å². The standard InChI is InChI=1S/C19H17Cl2N5O2S/c1-3-29-19-22-10-12-6-9-14(20)16(25(12)19)17(27)15-18(21)26(24-23-15)11-4-7-13(28-2)8-5-11/h4-10,17,27H,3H2,1-2H3/t17-/m0/s1. The molecule has 0 saturated heterocycles. The number of aromatic nitrogens is 5. The van der Waals surface area contributed by atoms with E-state index in [1.807, 2.05) is 17.4 Å². The molecule has 0 aliphatic heterocycles. The molecule has 1 atom stereocenters. The van der Waals surface area contributed by atoms with Crippen LogP contribution in [0.25, 0.3) is 11.2 Å². The van der Waals surface area contributed by atoms with Crippen molar-refractivity contribution in [1.82, 2.24) is 24.4 Å². The van der Waals surface area contributed by atoms with Crippen LogP contribution in [0.1, 0.15) is 24.4 Å². The van der Waals surface area contributed by atoms with Crippen molar-refractivity contribution in [2.75, 3.05) is 12.9 Å². The van der Waals surface area contributed by atoms with E-state index in [1.54, 1.807) is 55.4 Å². The number of aliphatic hydroxyl groups is 1. The summed E-state index contributed by atoms with van der Waals surface area (Å²) in [4.78, 5) is 4.42. The highest BCUT2D eigenvalue weighted by Gasteiger charge is 2.26. The first-order valence-corrected chi connectivity index (χ1v) is 10.5. The summed E-state index contributed by atoms with van der Waals surface area (Å²) in [5.41, 5.74) is 2.16. The van der Waals surface area contributed by atoms with Crippen LogP contribution in [-0.2, 0) is 0 Å². The highest BCUT2D eigenvalue weighted by molar-refractivity contribution is 7.99. The molecule has 0 unspecified atom stereocenters. The van der Waals surface area contributed by atoms with Crippen molar-refractivity contribution in [2.24, 2.45) is 0 Å². The van der Waals surface area contributed by atoms with E-state index in [0.717, 1.165) is 16.4 Å². The number of pyridine rings is 1. The Bertz CT molecular complexity index is 1160. The number of ether oxygens (including phenoxy) is 1. The number of hydrogen-bond acceptors (Lipinski definition) is 6. The fraction of sp³-hybridized carbons (Fsp3) is 0.211. The SMILES string of the molecule is CCSc1ncc2ccc(Cl)c([C@@H](O)c3nnn(-c4ccc(OC)cc4)c3Cl)n12. The lowest BCUT2D eigenvalue weighted by Crippen LogP contribution is -2.09. The van der Waals surface area contributed by atoms with Crippen molar-refractivity contribution >= 4 is 40.5 Å². The largest absolute Gasteiger partial charge is 0.497 e. The van der Waals surface area contributed by atoms with Crippen LogP contribution in [0.2, 0.25) is 10.2 Å². The molecule has 0 aliphatic carbocycles. The molecule has 3 aromatic heterocycles. The molecular weight excluding hydrogens is 433 g/mol. The minimum absolute atomic E-state index is 0.195. The monoisotopic (exact) mass is 449 g/mol. The summed E-state index contributed by atoms with van der Waals surface area (Å²) in [6.07, 6.45) is 0.552. The van der Waals surface area contributed by atoms with Crippen LogP contribution >= 0.6 is 35.0 Å². The van der Waals surface area contributed by atoms with Crippen molar-refractivity contribution in [3.05, 3.63) is 64.2 Å². The Labute approximate surface area is 181 Å². The summed E-state index contributed by atoms with van der Waals surface area (Å²) in [6, 6.07) is 10.8. The topological polar surface area (TPSA) is 77.5 Å². The number of benzene rings is 1. The molecule has 0 bridgehead atoms. The van der Waals surface area contributed by atoms with E-state index in [2.05, 4.69) is 15.3 Å². The Morgan fingerprint density at radius 1 is 1.17 bits per heavy atom. The molecule has 150 valence electrons. The van der Waals surface area contributed by atoms with Gasteiger partial charge in [-0.2, -0.15) is 0 Å². The smallest absolute Gasteiger partial charge is 0.172 e. The van der Waals surface area contributed by atoms with Gasteiger partial charge in [-0.3, -0.25) is 4.40 Å². The second-order valence-electron chi connectivity index (χ2n) is 6.08. The third-order valence-electron chi connectivity index (χ3n) is 4.39. The molecule has 1 N–H and O–H groups in total. The van der Waals surface area contributed by atoms with Gasteiger partial charge in [-0.25, -0.2) is 9.67 Å². The zero-order chi connectivity index (χ0) is 20.5. The minimum Gasteiger partial charge on any atom is -0.497 e. The van der Waals surface area contributed by atoms with Gasteiger partial charge in [0.25, 0.3) is 0 Å². The van der Waals surface area contributed by atoms with E-state index in [4.69, 9.17) is 27.9 Å². The molecular formula is C19H17Cl2N5O2S. The third kappa shape index (κ3) is 3.57. The van der Waals surface area contributed by atoms with Gasteiger partial charge in [-0.05, 0) is 42.2 Å². The van der Waals surface area contributed by atoms with Gasteiger partial charge in [-0.15, -0.1) is 5.10 Å². The van der Waals surface area contributed by atoms with Crippen LogP contribution in [0.4, 0.5) is 0 Å². The van der Waals surface area contributed by atoms with Gasteiger partial charge in [0.2, 0.25) is 0 Å². The van der Waals surface area contributed by atoms with Gasteiger partial charge in [-0.1, -0.05) is 47.1 Å². The molecule has 4 aromatic rings. The fourth-order valence-corrected chi connectivity index (χ4v) is 4.25. The number of halogens is 2. The molecule has 1 aromatic carbocycles. The van der Waals surface area contributed by atoms with Gasteiger partial charge in [0.05, 0.1) is 35.2 Å². The second-order valence-corrected chi connectivity index (χ2v) is 8.07. The summed E-state index contributed by atoms with van der Waals surface area (Å²) >= 11 is 14.5. The van der Waals surface area contributed by atoms with Crippen LogP contribution in [0.5, 0.6) is 5.75 Å². The molecule has 0 aliphatic rings. The number of aliphatic hydroxyl groups excluding tert-OH is 1. The number of imidazole rings is 1. The van der Waals surface area contributed by atoms with Crippen molar-refractivity contribution < 1.29 is 9.84 Å². The quantitative estimate of drug-likeness (QED) is 0.438. The molecule has 0 radical (unpaired) electrons. The highest BCUT2D eigenvalue weighted by atomic mass is 35.5. The van der Waals surface area contributed by atoms with Crippen molar-refractivity contribution in [2.45, 2.75) is 18.2 Å². The van der Waals surface area contributed by atoms with Gasteiger partial charge in [0, 0.05) is 0 Å². The van der Waals surface area contributed by atoms with E-state index in [9.17, 15) is 5.11 Å². The van der Waals surface area contributed by atoms with Crippen LogP contribution in [0.15, 0.2) is 47.8 Å². The summed E-state index contributed by atoms with van der Waals surface area (Å²) in [7, 11) is 1.59. The van der Waals surface area contributed by atoms with Crippen LogP contribution in [-0.4, -0.2) is 42.3 Å². The van der Waals surface area contributed by atoms with Gasteiger partial charge >= 0.3 is 0 Å². The Morgan fingerprint density at radius 3 is 2.62 bits per heavy atom. The maximum absolute atomic E-state index is 11.1. The molecule has 0 saturated carbocycles. The van der Waals surface area contributed by atoms with Crippen LogP contribution in [0, 0.1) is 0 Å². The van der Waals surface area contributed by atoms with E-state index < -0.39 is 6.10 Å². The summed E-state index contributed by atoms with van der Waals surface area (Å²) in [5.74, 6) is 1.54. The summed E-state index contributed by atoms with van der Waals surface area (Å²) in [5, 5.41) is 20.7. The zero-order valence-corrected chi connectivity index (χ0v) is 17.9. The van der Waals surface area contributed by atoms with Crippen LogP contribution in [0.3, 0.4) is 0 Å². The number of thioether (sulfide) groups is 1. The van der Waals surface area contributed by atoms with Crippen molar-refractivity contribution in [3.63, 3.8) is 0 Å². The molecule has 0 fully saturated rings. The lowest BCUT2D eigenvalue weighted by molar-refractivity contribution is 0.208. The normalized spacial score (nSPS) is 12.4. The van der Waals surface area contributed by atoms with Gasteiger partial charge < -0.3 is 9.84 Å². The molecule has 29 heavy (non-hydrogen) atoms. The average Bonchev–Trinajstić information content (AvgIpc) is 3.31. The van der Waals surface area contributed by atoms with Gasteiger partial charge in [0.15, 0.2) is 10.3 Å². The van der Waals surface area contributed by atoms with E-state index in [-0.39, 0.29) is 10.8 Å². The predicted octanol–water partition coefficient (Wildman–Crippen LogP) is 4.42. The number of methoxy groups -OCH3 is 1. The molecule has 4 rings (SSSR count). The molecule has 3 heterocycles. The molecule has 0 amide bonds. The Hall–Kier alpha value is -2.26. The van der Waals surface area contributed by atoms with Crippen molar-refractivity contribution in [1.29, 1.82) is 0 Å². The Kier molecular flexibility index (Phi) is 5.69. The Balaban J connectivity index is 1.79. The number of nitrogens with zero attached hydrogens (tertiary/aromatic N) is 5. The maximum atomic E-state index is 11.1. The predicted molar refractivity (Wildman–Crippen MR) is 114 cm³/mol. The van der Waals surface area contributed by atoms with Crippen LogP contribution < -0.4 is 4.74 Å². The Morgan fingerprint density at radius 2 is 1.93 bits per heavy atom. The first kappa shape index (κ1) is 20.0. The van der Waals surface area contributed by atoms with E-state index >= 15 is 0 Å². The minimum atomic E-state index is -1.18. The first-order chi connectivity index (χ1) is 14.0. The summed E-state index contributed by atoms with van der Waals surface area (Å²) < 4.78 is 8.44. The third-order valence-corrected chi connectivity index (χ3v) is 5.90. The first-order valence-electron chi connectivity index (χ1n) is 8.77. The molecule has 10 heteroatoms. The number of rotatable bonds is 6. The zero-order valence-electron chi connectivity index (χ0n) is 15.6. The lowest BCUT2D eigenvalue weighted by Gasteiger charge is -2.15.